The monoisotopic (exact) mass is 290 g/mol. The predicted octanol–water partition coefficient (Wildman–Crippen LogP) is 0.773. The zero-order valence-electron chi connectivity index (χ0n) is 11.9. The highest BCUT2D eigenvalue weighted by Gasteiger charge is 2.33. The highest BCUT2D eigenvalue weighted by Crippen LogP contribution is 2.35. The molecule has 1 aliphatic heterocycles. The molecule has 3 N–H and O–H groups in total. The van der Waals surface area contributed by atoms with Gasteiger partial charge in [0.2, 0.25) is 0 Å². The van der Waals surface area contributed by atoms with E-state index in [-0.39, 0.29) is 12.1 Å². The number of nitrogens with one attached hydrogen (secondary N) is 1. The van der Waals surface area contributed by atoms with E-state index in [0.717, 1.165) is 11.4 Å². The molecule has 7 heteroatoms. The molecular weight excluding hydrogens is 272 g/mol. The van der Waals surface area contributed by atoms with Crippen molar-refractivity contribution < 1.29 is 14.2 Å². The summed E-state index contributed by atoms with van der Waals surface area (Å²) in [6, 6.07) is 7.25. The number of nitrogens with two attached hydrogens (primary N) is 1. The standard InChI is InChI=1S/C14H18N4O3/c1-18-14(11(19-2)7-16-18)13(17-15)12-8-20-9-5-3-4-6-10(9)21-12/h3-7,12-13,17H,8,15H2,1-2H3. The highest BCUT2D eigenvalue weighted by molar-refractivity contribution is 5.41. The summed E-state index contributed by atoms with van der Waals surface area (Å²) in [4.78, 5) is 0. The first-order chi connectivity index (χ1) is 10.2. The molecule has 1 aromatic carbocycles. The van der Waals surface area contributed by atoms with Gasteiger partial charge in [-0.15, -0.1) is 0 Å². The summed E-state index contributed by atoms with van der Waals surface area (Å²) in [5.41, 5.74) is 3.59. The number of fused-ring (bicyclic) bond motifs is 1. The minimum atomic E-state index is -0.305. The third-order valence-electron chi connectivity index (χ3n) is 3.55. The Balaban J connectivity index is 1.90. The second kappa shape index (κ2) is 5.63. The molecular formula is C14H18N4O3. The fraction of sp³-hybridized carbons (Fsp3) is 0.357. The van der Waals surface area contributed by atoms with Crippen LogP contribution in [-0.4, -0.2) is 29.6 Å². The molecule has 2 heterocycles. The van der Waals surface area contributed by atoms with Crippen molar-refractivity contribution in [3.05, 3.63) is 36.2 Å². The van der Waals surface area contributed by atoms with Gasteiger partial charge in [-0.3, -0.25) is 10.5 Å². The largest absolute Gasteiger partial charge is 0.493 e. The van der Waals surface area contributed by atoms with Gasteiger partial charge in [-0.25, -0.2) is 5.43 Å². The van der Waals surface area contributed by atoms with Crippen LogP contribution in [0.25, 0.3) is 0 Å². The van der Waals surface area contributed by atoms with E-state index in [9.17, 15) is 0 Å². The van der Waals surface area contributed by atoms with Crippen molar-refractivity contribution in [2.45, 2.75) is 12.1 Å². The van der Waals surface area contributed by atoms with Crippen LogP contribution in [0.15, 0.2) is 30.5 Å². The maximum atomic E-state index is 6.00. The number of nitrogens with zero attached hydrogens (tertiary/aromatic N) is 2. The molecule has 7 nitrogen and oxygen atoms in total. The van der Waals surface area contributed by atoms with Crippen LogP contribution >= 0.6 is 0 Å². The second-order valence-electron chi connectivity index (χ2n) is 4.78. The van der Waals surface area contributed by atoms with Crippen molar-refractivity contribution >= 4 is 0 Å². The summed E-state index contributed by atoms with van der Waals surface area (Å²) < 4.78 is 18.8. The number of para-hydroxylation sites is 2. The molecule has 0 saturated heterocycles. The maximum absolute atomic E-state index is 6.00. The van der Waals surface area contributed by atoms with E-state index >= 15 is 0 Å². The summed E-state index contributed by atoms with van der Waals surface area (Å²) in [7, 11) is 3.43. The van der Waals surface area contributed by atoms with Gasteiger partial charge in [0.05, 0.1) is 13.3 Å². The number of methoxy groups -OCH3 is 1. The lowest BCUT2D eigenvalue weighted by molar-refractivity contribution is 0.0587. The lowest BCUT2D eigenvalue weighted by Crippen LogP contribution is -2.45. The molecule has 2 aromatic rings. The number of hydrogen-bond donors (Lipinski definition) is 2. The molecule has 21 heavy (non-hydrogen) atoms. The number of benzene rings is 1. The molecule has 1 aromatic heterocycles. The van der Waals surface area contributed by atoms with Crippen LogP contribution in [0.1, 0.15) is 11.7 Å². The Morgan fingerprint density at radius 1 is 1.43 bits per heavy atom. The van der Waals surface area contributed by atoms with Crippen molar-refractivity contribution in [1.29, 1.82) is 0 Å². The van der Waals surface area contributed by atoms with Crippen molar-refractivity contribution in [1.82, 2.24) is 15.2 Å². The molecule has 3 rings (SSSR count). The van der Waals surface area contributed by atoms with E-state index in [1.807, 2.05) is 31.3 Å². The number of hydrazine groups is 1. The van der Waals surface area contributed by atoms with E-state index in [1.165, 1.54) is 0 Å². The lowest BCUT2D eigenvalue weighted by atomic mass is 10.1. The zero-order valence-corrected chi connectivity index (χ0v) is 11.9. The Kier molecular flexibility index (Phi) is 3.68. The average molecular weight is 290 g/mol. The van der Waals surface area contributed by atoms with E-state index in [0.29, 0.717) is 18.1 Å². The van der Waals surface area contributed by atoms with E-state index in [2.05, 4.69) is 10.5 Å². The van der Waals surface area contributed by atoms with Gasteiger partial charge in [0.25, 0.3) is 0 Å². The van der Waals surface area contributed by atoms with Gasteiger partial charge in [0.1, 0.15) is 18.3 Å². The minimum absolute atomic E-state index is 0.283. The summed E-state index contributed by atoms with van der Waals surface area (Å²) in [5, 5.41) is 4.20. The smallest absolute Gasteiger partial charge is 0.161 e. The summed E-state index contributed by atoms with van der Waals surface area (Å²) in [6.45, 7) is 0.389. The first kappa shape index (κ1) is 13.7. The van der Waals surface area contributed by atoms with Crippen LogP contribution in [0, 0.1) is 0 Å². The van der Waals surface area contributed by atoms with Gasteiger partial charge in [-0.1, -0.05) is 12.1 Å². The van der Waals surface area contributed by atoms with Gasteiger partial charge < -0.3 is 14.2 Å². The number of aromatic nitrogens is 2. The predicted molar refractivity (Wildman–Crippen MR) is 76.2 cm³/mol. The van der Waals surface area contributed by atoms with Crippen molar-refractivity contribution in [3.8, 4) is 17.2 Å². The molecule has 0 fully saturated rings. The third-order valence-corrected chi connectivity index (χ3v) is 3.55. The van der Waals surface area contributed by atoms with Crippen LogP contribution in [0.4, 0.5) is 0 Å². The van der Waals surface area contributed by atoms with Gasteiger partial charge in [0, 0.05) is 7.05 Å². The van der Waals surface area contributed by atoms with Gasteiger partial charge in [-0.2, -0.15) is 5.10 Å². The summed E-state index contributed by atoms with van der Waals surface area (Å²) in [5.74, 6) is 7.82. The van der Waals surface area contributed by atoms with Crippen LogP contribution in [-0.2, 0) is 7.05 Å². The molecule has 0 bridgehead atoms. The third kappa shape index (κ3) is 2.41. The average Bonchev–Trinajstić information content (AvgIpc) is 2.89. The highest BCUT2D eigenvalue weighted by atomic mass is 16.6. The Morgan fingerprint density at radius 3 is 2.90 bits per heavy atom. The fourth-order valence-electron chi connectivity index (χ4n) is 2.50. The molecule has 0 spiro atoms. The van der Waals surface area contributed by atoms with Crippen LogP contribution in [0.3, 0.4) is 0 Å². The number of ether oxygens (including phenoxy) is 3. The molecule has 1 aliphatic rings. The molecule has 0 aliphatic carbocycles. The van der Waals surface area contributed by atoms with Crippen LogP contribution in [0.5, 0.6) is 17.2 Å². The normalized spacial score (nSPS) is 18.3. The molecule has 2 atom stereocenters. The first-order valence-corrected chi connectivity index (χ1v) is 6.65. The number of aryl methyl sites for hydroxylation is 1. The SMILES string of the molecule is COc1cnn(C)c1C(NN)C1COc2ccccc2O1. The molecule has 0 amide bonds. The molecule has 0 saturated carbocycles. The van der Waals surface area contributed by atoms with Gasteiger partial charge in [-0.05, 0) is 12.1 Å². The number of hydrogen-bond acceptors (Lipinski definition) is 6. The second-order valence-corrected chi connectivity index (χ2v) is 4.78. The van der Waals surface area contributed by atoms with Crippen molar-refractivity contribution in [2.75, 3.05) is 13.7 Å². The maximum Gasteiger partial charge on any atom is 0.161 e. The Labute approximate surface area is 122 Å². The van der Waals surface area contributed by atoms with Crippen LogP contribution < -0.4 is 25.5 Å². The summed E-state index contributed by atoms with van der Waals surface area (Å²) in [6.07, 6.45) is 1.37. The van der Waals surface area contributed by atoms with E-state index in [1.54, 1.807) is 18.0 Å². The molecule has 2 unspecified atom stereocenters. The molecule has 112 valence electrons. The Hall–Kier alpha value is -2.25. The van der Waals surface area contributed by atoms with Crippen molar-refractivity contribution in [2.24, 2.45) is 12.9 Å². The van der Waals surface area contributed by atoms with Crippen LogP contribution in [0.2, 0.25) is 0 Å². The minimum Gasteiger partial charge on any atom is -0.493 e. The summed E-state index contributed by atoms with van der Waals surface area (Å²) >= 11 is 0. The number of rotatable bonds is 4. The Morgan fingerprint density at radius 2 is 2.19 bits per heavy atom. The topological polar surface area (TPSA) is 83.6 Å². The van der Waals surface area contributed by atoms with Crippen molar-refractivity contribution in [3.63, 3.8) is 0 Å². The van der Waals surface area contributed by atoms with Gasteiger partial charge in [0.15, 0.2) is 23.4 Å². The van der Waals surface area contributed by atoms with E-state index < -0.39 is 0 Å². The quantitative estimate of drug-likeness (QED) is 0.639. The fourth-order valence-corrected chi connectivity index (χ4v) is 2.50. The van der Waals surface area contributed by atoms with Gasteiger partial charge >= 0.3 is 0 Å². The zero-order chi connectivity index (χ0) is 14.8. The Bertz CT molecular complexity index is 628. The first-order valence-electron chi connectivity index (χ1n) is 6.65. The lowest BCUT2D eigenvalue weighted by Gasteiger charge is -2.32. The van der Waals surface area contributed by atoms with E-state index in [4.69, 9.17) is 20.1 Å². The molecule has 0 radical (unpaired) electrons.